The third kappa shape index (κ3) is 4.97. The first-order valence-corrected chi connectivity index (χ1v) is 12.1. The number of carbonyl (C=O) groups excluding carboxylic acids is 2. The molecule has 1 aliphatic carbocycles. The summed E-state index contributed by atoms with van der Waals surface area (Å²) in [4.78, 5) is 32.8. The Hall–Kier alpha value is -2.28. The van der Waals surface area contributed by atoms with Gasteiger partial charge in [0.1, 0.15) is 15.7 Å². The summed E-state index contributed by atoms with van der Waals surface area (Å²) in [6.07, 6.45) is 6.29. The zero-order valence-corrected chi connectivity index (χ0v) is 19.0. The van der Waals surface area contributed by atoms with Gasteiger partial charge < -0.3 is 10.2 Å². The molecule has 4 rings (SSSR count). The molecule has 2 aromatic rings. The quantitative estimate of drug-likeness (QED) is 0.722. The van der Waals surface area contributed by atoms with Gasteiger partial charge >= 0.3 is 0 Å². The number of halogens is 1. The number of nitrogens with one attached hydrogen (secondary N) is 1. The second-order valence-electron chi connectivity index (χ2n) is 8.85. The lowest BCUT2D eigenvalue weighted by molar-refractivity contribution is -0.127. The average Bonchev–Trinajstić information content (AvgIpc) is 3.43. The fourth-order valence-electron chi connectivity index (χ4n) is 4.67. The van der Waals surface area contributed by atoms with Crippen molar-refractivity contribution in [3.05, 3.63) is 40.7 Å². The predicted octanol–water partition coefficient (Wildman–Crippen LogP) is 4.80. The predicted molar refractivity (Wildman–Crippen MR) is 120 cm³/mol. The summed E-state index contributed by atoms with van der Waals surface area (Å²) in [6, 6.07) is 6.53. The van der Waals surface area contributed by atoms with Gasteiger partial charge in [0.2, 0.25) is 5.91 Å². The van der Waals surface area contributed by atoms with Gasteiger partial charge in [0.15, 0.2) is 0 Å². The molecule has 0 unspecified atom stereocenters. The minimum atomic E-state index is -0.289. The highest BCUT2D eigenvalue weighted by Crippen LogP contribution is 2.31. The van der Waals surface area contributed by atoms with E-state index in [0.717, 1.165) is 36.3 Å². The minimum Gasteiger partial charge on any atom is -0.353 e. The number of aryl methyl sites for hydroxylation is 1. The fraction of sp³-hybridized carbons (Fsp3) is 0.542. The molecule has 1 aliphatic heterocycles. The van der Waals surface area contributed by atoms with Crippen molar-refractivity contribution in [2.45, 2.75) is 58.4 Å². The Morgan fingerprint density at radius 1 is 1.13 bits per heavy atom. The molecule has 1 aromatic carbocycles. The van der Waals surface area contributed by atoms with E-state index in [-0.39, 0.29) is 23.5 Å². The van der Waals surface area contributed by atoms with E-state index in [1.165, 1.54) is 36.3 Å². The van der Waals surface area contributed by atoms with Gasteiger partial charge in [-0.3, -0.25) is 9.59 Å². The number of piperidine rings is 1. The maximum absolute atomic E-state index is 13.2. The number of rotatable bonds is 5. The molecule has 1 atom stereocenters. The van der Waals surface area contributed by atoms with Crippen LogP contribution >= 0.6 is 11.3 Å². The van der Waals surface area contributed by atoms with Gasteiger partial charge in [0, 0.05) is 30.6 Å². The van der Waals surface area contributed by atoms with Gasteiger partial charge in [-0.25, -0.2) is 9.37 Å². The number of amides is 2. The Morgan fingerprint density at radius 2 is 1.77 bits per heavy atom. The van der Waals surface area contributed by atoms with Crippen molar-refractivity contribution < 1.29 is 14.0 Å². The van der Waals surface area contributed by atoms with E-state index in [2.05, 4.69) is 10.3 Å². The van der Waals surface area contributed by atoms with E-state index < -0.39 is 0 Å². The van der Waals surface area contributed by atoms with Crippen molar-refractivity contribution in [1.82, 2.24) is 15.2 Å². The van der Waals surface area contributed by atoms with E-state index >= 15 is 0 Å². The van der Waals surface area contributed by atoms with Crippen molar-refractivity contribution in [3.63, 3.8) is 0 Å². The SMILES string of the molecule is Cc1nc(-c2ccc(F)cc2)sc1C(=O)N1CCC([C@H](C)C(=O)NC2CCCC2)CC1. The molecule has 1 aromatic heterocycles. The first kappa shape index (κ1) is 21.9. The van der Waals surface area contributed by atoms with Crippen LogP contribution < -0.4 is 5.32 Å². The van der Waals surface area contributed by atoms with Crippen LogP contribution in [-0.2, 0) is 4.79 Å². The third-order valence-electron chi connectivity index (χ3n) is 6.73. The van der Waals surface area contributed by atoms with Crippen LogP contribution in [-0.4, -0.2) is 40.8 Å². The highest BCUT2D eigenvalue weighted by atomic mass is 32.1. The number of thiazole rings is 1. The average molecular weight is 444 g/mol. The lowest BCUT2D eigenvalue weighted by atomic mass is 9.84. The molecule has 0 spiro atoms. The maximum Gasteiger partial charge on any atom is 0.265 e. The highest BCUT2D eigenvalue weighted by molar-refractivity contribution is 7.17. The molecule has 0 radical (unpaired) electrons. The van der Waals surface area contributed by atoms with Crippen LogP contribution in [0.5, 0.6) is 0 Å². The molecule has 31 heavy (non-hydrogen) atoms. The molecule has 2 aliphatic rings. The maximum atomic E-state index is 13.2. The number of aromatic nitrogens is 1. The molecule has 5 nitrogen and oxygen atoms in total. The van der Waals surface area contributed by atoms with Crippen molar-refractivity contribution in [1.29, 1.82) is 0 Å². The Bertz CT molecular complexity index is 929. The first-order chi connectivity index (χ1) is 14.9. The van der Waals surface area contributed by atoms with Crippen LogP contribution in [0.1, 0.15) is 60.8 Å². The lowest BCUT2D eigenvalue weighted by Gasteiger charge is -2.34. The third-order valence-corrected chi connectivity index (χ3v) is 7.93. The Balaban J connectivity index is 1.35. The van der Waals surface area contributed by atoms with Crippen molar-refractivity contribution in [2.75, 3.05) is 13.1 Å². The van der Waals surface area contributed by atoms with Crippen LogP contribution in [0.3, 0.4) is 0 Å². The number of likely N-dealkylation sites (tertiary alicyclic amines) is 1. The van der Waals surface area contributed by atoms with Gasteiger partial charge in [-0.05, 0) is 62.8 Å². The minimum absolute atomic E-state index is 0.00451. The molecule has 2 fully saturated rings. The van der Waals surface area contributed by atoms with Gasteiger partial charge in [-0.15, -0.1) is 11.3 Å². The zero-order valence-electron chi connectivity index (χ0n) is 18.2. The summed E-state index contributed by atoms with van der Waals surface area (Å²) >= 11 is 1.36. The molecule has 0 bridgehead atoms. The van der Waals surface area contributed by atoms with Crippen molar-refractivity contribution in [3.8, 4) is 10.6 Å². The summed E-state index contributed by atoms with van der Waals surface area (Å²) in [6.45, 7) is 5.19. The number of carbonyl (C=O) groups is 2. The molecule has 1 N–H and O–H groups in total. The van der Waals surface area contributed by atoms with Crippen LogP contribution in [0.15, 0.2) is 24.3 Å². The summed E-state index contributed by atoms with van der Waals surface area (Å²) in [5.41, 5.74) is 1.52. The van der Waals surface area contributed by atoms with Gasteiger partial charge in [0.25, 0.3) is 5.91 Å². The van der Waals surface area contributed by atoms with Gasteiger partial charge in [0.05, 0.1) is 5.69 Å². The van der Waals surface area contributed by atoms with E-state index in [9.17, 15) is 14.0 Å². The summed E-state index contributed by atoms with van der Waals surface area (Å²) in [5, 5.41) is 3.95. The van der Waals surface area contributed by atoms with E-state index in [0.29, 0.717) is 35.6 Å². The zero-order chi connectivity index (χ0) is 22.0. The van der Waals surface area contributed by atoms with Crippen molar-refractivity contribution >= 4 is 23.2 Å². The van der Waals surface area contributed by atoms with E-state index in [1.54, 1.807) is 12.1 Å². The van der Waals surface area contributed by atoms with E-state index in [1.807, 2.05) is 18.7 Å². The number of benzene rings is 1. The lowest BCUT2D eigenvalue weighted by Crippen LogP contribution is -2.44. The summed E-state index contributed by atoms with van der Waals surface area (Å²) < 4.78 is 13.2. The van der Waals surface area contributed by atoms with Gasteiger partial charge in [-0.2, -0.15) is 0 Å². The van der Waals surface area contributed by atoms with Crippen LogP contribution in [0.25, 0.3) is 10.6 Å². The second-order valence-corrected chi connectivity index (χ2v) is 9.85. The number of hydrogen-bond acceptors (Lipinski definition) is 4. The molecule has 1 saturated carbocycles. The van der Waals surface area contributed by atoms with Crippen molar-refractivity contribution in [2.24, 2.45) is 11.8 Å². The molecular weight excluding hydrogens is 413 g/mol. The topological polar surface area (TPSA) is 62.3 Å². The molecule has 1 saturated heterocycles. The molecular formula is C24H30FN3O2S. The summed E-state index contributed by atoms with van der Waals surface area (Å²) in [5.74, 6) is 0.169. The van der Waals surface area contributed by atoms with E-state index in [4.69, 9.17) is 0 Å². The molecule has 7 heteroatoms. The normalized spacial score (nSPS) is 18.9. The summed E-state index contributed by atoms with van der Waals surface area (Å²) in [7, 11) is 0. The monoisotopic (exact) mass is 443 g/mol. The number of nitrogens with zero attached hydrogens (tertiary/aromatic N) is 2. The second kappa shape index (κ2) is 9.47. The van der Waals surface area contributed by atoms with Crippen LogP contribution in [0.2, 0.25) is 0 Å². The Kier molecular flexibility index (Phi) is 6.70. The molecule has 2 heterocycles. The smallest absolute Gasteiger partial charge is 0.265 e. The van der Waals surface area contributed by atoms with Crippen LogP contribution in [0.4, 0.5) is 4.39 Å². The first-order valence-electron chi connectivity index (χ1n) is 11.3. The molecule has 166 valence electrons. The fourth-order valence-corrected chi connectivity index (χ4v) is 5.71. The standard InChI is InChI=1S/C24H30FN3O2S/c1-15(22(29)27-20-5-3-4-6-20)17-11-13-28(14-12-17)24(30)21-16(2)26-23(31-21)18-7-9-19(25)10-8-18/h7-10,15,17,20H,3-6,11-14H2,1-2H3,(H,27,29)/t15-/m0/s1. The van der Waals surface area contributed by atoms with Crippen LogP contribution in [0, 0.1) is 24.6 Å². The Labute approximate surface area is 187 Å². The highest BCUT2D eigenvalue weighted by Gasteiger charge is 2.32. The van der Waals surface area contributed by atoms with Gasteiger partial charge in [-0.1, -0.05) is 19.8 Å². The number of hydrogen-bond donors (Lipinski definition) is 1. The Morgan fingerprint density at radius 3 is 2.42 bits per heavy atom. The molecule has 2 amide bonds. The largest absolute Gasteiger partial charge is 0.353 e.